The predicted molar refractivity (Wildman–Crippen MR) is 132 cm³/mol. The number of ketones is 2. The summed E-state index contributed by atoms with van der Waals surface area (Å²) in [6.07, 6.45) is -0.0778. The SMILES string of the molecule is CC1(C)CC(=O)c2c(nc(C3CCCC3)c(C(=O)c3ccc(C(F)(F)F)cc3)c2-c2ccc(F)cc2)C1. The van der Waals surface area contributed by atoms with Crippen LogP contribution in [0.25, 0.3) is 11.1 Å². The van der Waals surface area contributed by atoms with Crippen LogP contribution in [0.4, 0.5) is 17.6 Å². The molecule has 192 valence electrons. The highest BCUT2D eigenvalue weighted by Crippen LogP contribution is 2.45. The summed E-state index contributed by atoms with van der Waals surface area (Å²) in [4.78, 5) is 32.5. The maximum Gasteiger partial charge on any atom is 0.416 e. The fourth-order valence-corrected chi connectivity index (χ4v) is 5.71. The number of fused-ring (bicyclic) bond motifs is 1. The molecule has 0 amide bonds. The van der Waals surface area contributed by atoms with Crippen LogP contribution >= 0.6 is 0 Å². The van der Waals surface area contributed by atoms with Gasteiger partial charge in [0.25, 0.3) is 0 Å². The van der Waals surface area contributed by atoms with Gasteiger partial charge in [-0.15, -0.1) is 0 Å². The van der Waals surface area contributed by atoms with Crippen LogP contribution in [0.3, 0.4) is 0 Å². The second-order valence-corrected chi connectivity index (χ2v) is 10.9. The molecule has 37 heavy (non-hydrogen) atoms. The van der Waals surface area contributed by atoms with Gasteiger partial charge in [0.05, 0.1) is 22.5 Å². The zero-order chi connectivity index (χ0) is 26.5. The topological polar surface area (TPSA) is 47.0 Å². The summed E-state index contributed by atoms with van der Waals surface area (Å²) < 4.78 is 53.3. The summed E-state index contributed by atoms with van der Waals surface area (Å²) in [5, 5.41) is 0. The van der Waals surface area contributed by atoms with Crippen molar-refractivity contribution in [2.45, 2.75) is 64.5 Å². The molecule has 0 N–H and O–H groups in total. The van der Waals surface area contributed by atoms with Gasteiger partial charge in [-0.1, -0.05) is 51.0 Å². The Bertz CT molecular complexity index is 1370. The van der Waals surface area contributed by atoms with Crippen molar-refractivity contribution >= 4 is 11.6 Å². The van der Waals surface area contributed by atoms with Crippen LogP contribution < -0.4 is 0 Å². The van der Waals surface area contributed by atoms with E-state index in [9.17, 15) is 27.2 Å². The minimum Gasteiger partial charge on any atom is -0.294 e. The quantitative estimate of drug-likeness (QED) is 0.265. The van der Waals surface area contributed by atoms with Crippen LogP contribution in [-0.2, 0) is 12.6 Å². The van der Waals surface area contributed by atoms with Crippen molar-refractivity contribution in [3.8, 4) is 11.1 Å². The molecule has 0 bridgehead atoms. The number of hydrogen-bond donors (Lipinski definition) is 0. The summed E-state index contributed by atoms with van der Waals surface area (Å²) in [7, 11) is 0. The molecule has 0 atom stereocenters. The highest BCUT2D eigenvalue weighted by molar-refractivity contribution is 6.17. The fraction of sp³-hybridized carbons (Fsp3) is 0.367. The van der Waals surface area contributed by atoms with Gasteiger partial charge in [-0.25, -0.2) is 4.39 Å². The van der Waals surface area contributed by atoms with Crippen LogP contribution in [0.2, 0.25) is 0 Å². The Kier molecular flexibility index (Phi) is 6.29. The minimum absolute atomic E-state index is 0.00182. The molecule has 0 spiro atoms. The van der Waals surface area contributed by atoms with E-state index in [0.29, 0.717) is 34.5 Å². The molecule has 0 radical (unpaired) electrons. The molecule has 1 saturated carbocycles. The molecule has 7 heteroatoms. The average molecular weight is 510 g/mol. The molecule has 0 aliphatic heterocycles. The number of carbonyl (C=O) groups excluding carboxylic acids is 2. The summed E-state index contributed by atoms with van der Waals surface area (Å²) in [5.74, 6) is -1.08. The molecule has 1 fully saturated rings. The first-order valence-corrected chi connectivity index (χ1v) is 12.5. The lowest BCUT2D eigenvalue weighted by Crippen LogP contribution is -2.30. The van der Waals surface area contributed by atoms with Gasteiger partial charge in [-0.3, -0.25) is 14.6 Å². The van der Waals surface area contributed by atoms with Gasteiger partial charge in [0.1, 0.15) is 5.82 Å². The molecule has 2 aliphatic carbocycles. The molecule has 3 nitrogen and oxygen atoms in total. The number of Topliss-reactive ketones (excluding diaryl/α,β-unsaturated/α-hetero) is 1. The minimum atomic E-state index is -4.53. The van der Waals surface area contributed by atoms with Crippen molar-refractivity contribution < 1.29 is 27.2 Å². The van der Waals surface area contributed by atoms with Crippen molar-refractivity contribution in [2.24, 2.45) is 5.41 Å². The number of benzene rings is 2. The van der Waals surface area contributed by atoms with Gasteiger partial charge < -0.3 is 0 Å². The van der Waals surface area contributed by atoms with Crippen LogP contribution in [0.15, 0.2) is 48.5 Å². The Morgan fingerprint density at radius 1 is 0.919 bits per heavy atom. The molecule has 0 saturated heterocycles. The van der Waals surface area contributed by atoms with Crippen molar-refractivity contribution in [3.63, 3.8) is 0 Å². The Morgan fingerprint density at radius 3 is 2.14 bits per heavy atom. The van der Waals surface area contributed by atoms with Crippen molar-refractivity contribution in [1.29, 1.82) is 0 Å². The normalized spacial score (nSPS) is 17.6. The molecule has 3 aromatic rings. The van der Waals surface area contributed by atoms with E-state index in [1.54, 1.807) is 12.1 Å². The van der Waals surface area contributed by atoms with Crippen LogP contribution in [0, 0.1) is 11.2 Å². The fourth-order valence-electron chi connectivity index (χ4n) is 5.71. The molecule has 1 aromatic heterocycles. The number of pyridine rings is 1. The van der Waals surface area contributed by atoms with E-state index >= 15 is 0 Å². The number of rotatable bonds is 4. The van der Waals surface area contributed by atoms with E-state index in [1.807, 2.05) is 13.8 Å². The predicted octanol–water partition coefficient (Wildman–Crippen LogP) is 7.95. The van der Waals surface area contributed by atoms with E-state index in [4.69, 9.17) is 4.98 Å². The lowest BCUT2D eigenvalue weighted by Gasteiger charge is -2.33. The molecular weight excluding hydrogens is 482 g/mol. The smallest absolute Gasteiger partial charge is 0.294 e. The largest absolute Gasteiger partial charge is 0.416 e. The first-order valence-electron chi connectivity index (χ1n) is 12.5. The van der Waals surface area contributed by atoms with Gasteiger partial charge >= 0.3 is 6.18 Å². The number of carbonyl (C=O) groups is 2. The Hall–Kier alpha value is -3.35. The first-order chi connectivity index (χ1) is 17.4. The van der Waals surface area contributed by atoms with E-state index in [0.717, 1.165) is 37.8 Å². The maximum atomic E-state index is 14.1. The molecule has 5 rings (SSSR count). The van der Waals surface area contributed by atoms with Gasteiger partial charge in [0.2, 0.25) is 0 Å². The molecular formula is C30H27F4NO2. The van der Waals surface area contributed by atoms with E-state index < -0.39 is 23.3 Å². The lowest BCUT2D eigenvalue weighted by molar-refractivity contribution is -0.137. The van der Waals surface area contributed by atoms with E-state index in [1.165, 1.54) is 24.3 Å². The summed E-state index contributed by atoms with van der Waals surface area (Å²) in [6, 6.07) is 9.76. The monoisotopic (exact) mass is 509 g/mol. The van der Waals surface area contributed by atoms with E-state index in [-0.39, 0.29) is 34.7 Å². The maximum absolute atomic E-state index is 14.1. The second-order valence-electron chi connectivity index (χ2n) is 10.9. The third-order valence-corrected chi connectivity index (χ3v) is 7.44. The first kappa shape index (κ1) is 25.3. The molecule has 2 aromatic carbocycles. The van der Waals surface area contributed by atoms with Gasteiger partial charge in [-0.2, -0.15) is 13.2 Å². The third kappa shape index (κ3) is 4.83. The molecule has 2 aliphatic rings. The molecule has 1 heterocycles. The number of nitrogens with zero attached hydrogens (tertiary/aromatic N) is 1. The second kappa shape index (κ2) is 9.19. The number of alkyl halides is 3. The number of aromatic nitrogens is 1. The zero-order valence-electron chi connectivity index (χ0n) is 20.7. The summed E-state index contributed by atoms with van der Waals surface area (Å²) in [5.41, 5.74) is 1.69. The van der Waals surface area contributed by atoms with Crippen LogP contribution in [0.1, 0.15) is 95.1 Å². The van der Waals surface area contributed by atoms with Crippen molar-refractivity contribution in [2.75, 3.05) is 0 Å². The van der Waals surface area contributed by atoms with Gasteiger partial charge in [-0.05, 0) is 54.5 Å². The zero-order valence-corrected chi connectivity index (χ0v) is 20.7. The molecule has 0 unspecified atom stereocenters. The summed E-state index contributed by atoms with van der Waals surface area (Å²) in [6.45, 7) is 4.01. The highest BCUT2D eigenvalue weighted by Gasteiger charge is 2.39. The van der Waals surface area contributed by atoms with Crippen LogP contribution in [-0.4, -0.2) is 16.6 Å². The lowest BCUT2D eigenvalue weighted by atomic mass is 9.72. The standard InChI is InChI=1S/C30H27F4NO2/c1-29(2)15-22-25(23(36)16-29)24(17-9-13-21(31)14-10-17)26(27(35-22)18-5-3-4-6-18)28(37)19-7-11-20(12-8-19)30(32,33)34/h7-14,18H,3-6,15-16H2,1-2H3. The van der Waals surface area contributed by atoms with Crippen LogP contribution in [0.5, 0.6) is 0 Å². The Balaban J connectivity index is 1.79. The van der Waals surface area contributed by atoms with Crippen molar-refractivity contribution in [1.82, 2.24) is 4.98 Å². The van der Waals surface area contributed by atoms with Gasteiger partial charge in [0, 0.05) is 29.0 Å². The highest BCUT2D eigenvalue weighted by atomic mass is 19.4. The Labute approximate surface area is 212 Å². The van der Waals surface area contributed by atoms with Crippen molar-refractivity contribution in [3.05, 3.63) is 88.0 Å². The average Bonchev–Trinajstić information content (AvgIpc) is 3.37. The number of hydrogen-bond acceptors (Lipinski definition) is 3. The Morgan fingerprint density at radius 2 is 1.54 bits per heavy atom. The van der Waals surface area contributed by atoms with E-state index in [2.05, 4.69) is 0 Å². The summed E-state index contributed by atoms with van der Waals surface area (Å²) >= 11 is 0. The number of halogens is 4. The third-order valence-electron chi connectivity index (χ3n) is 7.44. The van der Waals surface area contributed by atoms with Gasteiger partial charge in [0.15, 0.2) is 11.6 Å².